The molecule has 0 aliphatic heterocycles. The van der Waals surface area contributed by atoms with Crippen LogP contribution in [0.2, 0.25) is 0 Å². The van der Waals surface area contributed by atoms with Crippen LogP contribution in [0.25, 0.3) is 10.2 Å². The summed E-state index contributed by atoms with van der Waals surface area (Å²) in [7, 11) is 3.18. The van der Waals surface area contributed by atoms with Crippen LogP contribution >= 0.6 is 11.3 Å². The molecule has 1 aromatic heterocycles. The Balaban J connectivity index is 1.96. The predicted molar refractivity (Wildman–Crippen MR) is 86.9 cm³/mol. The van der Waals surface area contributed by atoms with Crippen molar-refractivity contribution < 1.29 is 9.47 Å². The molecular formula is C15H15N3O2S. The van der Waals surface area contributed by atoms with Gasteiger partial charge in [0.05, 0.1) is 41.3 Å². The largest absolute Gasteiger partial charge is 0.493 e. The molecular weight excluding hydrogens is 286 g/mol. The number of nitrogens with two attached hydrogens (primary N) is 1. The quantitative estimate of drug-likeness (QED) is 0.720. The molecule has 3 aromatic rings. The molecule has 3 rings (SSSR count). The van der Waals surface area contributed by atoms with Crippen LogP contribution in [0.1, 0.15) is 0 Å². The summed E-state index contributed by atoms with van der Waals surface area (Å²) in [4.78, 5) is 4.26. The van der Waals surface area contributed by atoms with E-state index in [0.717, 1.165) is 21.6 Å². The Kier molecular flexibility index (Phi) is 3.53. The number of ether oxygens (including phenoxy) is 2. The van der Waals surface area contributed by atoms with Gasteiger partial charge in [-0.25, -0.2) is 4.98 Å². The molecule has 6 heteroatoms. The molecule has 2 aromatic carbocycles. The van der Waals surface area contributed by atoms with Crippen LogP contribution in [-0.2, 0) is 0 Å². The maximum absolute atomic E-state index is 6.05. The third-order valence-electron chi connectivity index (χ3n) is 3.17. The molecule has 21 heavy (non-hydrogen) atoms. The number of nitrogens with zero attached hydrogens (tertiary/aromatic N) is 1. The summed E-state index contributed by atoms with van der Waals surface area (Å²) in [6, 6.07) is 9.56. The minimum absolute atomic E-state index is 0.594. The van der Waals surface area contributed by atoms with Crippen molar-refractivity contribution in [2.75, 3.05) is 25.3 Å². The molecule has 0 spiro atoms. The number of anilines is 3. The molecule has 0 aliphatic carbocycles. The molecule has 0 saturated heterocycles. The topological polar surface area (TPSA) is 69.4 Å². The number of aromatic nitrogens is 1. The van der Waals surface area contributed by atoms with Gasteiger partial charge >= 0.3 is 0 Å². The van der Waals surface area contributed by atoms with Crippen molar-refractivity contribution in [1.82, 2.24) is 4.98 Å². The van der Waals surface area contributed by atoms with Crippen molar-refractivity contribution in [1.29, 1.82) is 0 Å². The van der Waals surface area contributed by atoms with E-state index in [1.165, 1.54) is 0 Å². The van der Waals surface area contributed by atoms with E-state index in [-0.39, 0.29) is 0 Å². The molecule has 0 saturated carbocycles. The van der Waals surface area contributed by atoms with Crippen molar-refractivity contribution >= 4 is 38.6 Å². The van der Waals surface area contributed by atoms with Crippen LogP contribution in [0.4, 0.5) is 17.1 Å². The van der Waals surface area contributed by atoms with Gasteiger partial charge in [0.2, 0.25) is 0 Å². The van der Waals surface area contributed by atoms with Gasteiger partial charge in [0, 0.05) is 17.8 Å². The molecule has 0 radical (unpaired) electrons. The lowest BCUT2D eigenvalue weighted by Gasteiger charge is -2.14. The molecule has 108 valence electrons. The fourth-order valence-corrected chi connectivity index (χ4v) is 2.81. The second-order valence-electron chi connectivity index (χ2n) is 4.45. The van der Waals surface area contributed by atoms with E-state index in [1.807, 2.05) is 29.8 Å². The SMILES string of the molecule is COc1cc(N)c(Nc2ccc3ncsc3c2)cc1OC. The first-order valence-corrected chi connectivity index (χ1v) is 7.21. The third kappa shape index (κ3) is 2.57. The second-order valence-corrected chi connectivity index (χ2v) is 5.34. The summed E-state index contributed by atoms with van der Waals surface area (Å²) in [6.45, 7) is 0. The number of thiazole rings is 1. The van der Waals surface area contributed by atoms with E-state index < -0.39 is 0 Å². The van der Waals surface area contributed by atoms with Crippen LogP contribution in [0, 0.1) is 0 Å². The summed E-state index contributed by atoms with van der Waals surface area (Å²) >= 11 is 1.60. The van der Waals surface area contributed by atoms with Gasteiger partial charge < -0.3 is 20.5 Å². The Bertz CT molecular complexity index is 786. The maximum Gasteiger partial charge on any atom is 0.162 e. The molecule has 0 amide bonds. The smallest absolute Gasteiger partial charge is 0.162 e. The van der Waals surface area contributed by atoms with Gasteiger partial charge in [-0.05, 0) is 18.2 Å². The van der Waals surface area contributed by atoms with E-state index in [9.17, 15) is 0 Å². The highest BCUT2D eigenvalue weighted by atomic mass is 32.1. The highest BCUT2D eigenvalue weighted by Crippen LogP contribution is 2.36. The van der Waals surface area contributed by atoms with Gasteiger partial charge in [0.1, 0.15) is 0 Å². The molecule has 1 heterocycles. The second kappa shape index (κ2) is 5.49. The van der Waals surface area contributed by atoms with Gasteiger partial charge in [-0.15, -0.1) is 11.3 Å². The lowest BCUT2D eigenvalue weighted by Crippen LogP contribution is -1.99. The average molecular weight is 301 g/mol. The summed E-state index contributed by atoms with van der Waals surface area (Å²) in [5, 5.41) is 3.30. The number of nitrogen functional groups attached to an aromatic ring is 1. The minimum atomic E-state index is 0.594. The molecule has 5 nitrogen and oxygen atoms in total. The van der Waals surface area contributed by atoms with Crippen LogP contribution in [0.5, 0.6) is 11.5 Å². The number of benzene rings is 2. The Morgan fingerprint density at radius 2 is 1.86 bits per heavy atom. The van der Waals surface area contributed by atoms with E-state index in [1.54, 1.807) is 31.6 Å². The predicted octanol–water partition coefficient (Wildman–Crippen LogP) is 3.64. The van der Waals surface area contributed by atoms with Crippen molar-refractivity contribution in [3.63, 3.8) is 0 Å². The lowest BCUT2D eigenvalue weighted by atomic mass is 10.2. The summed E-state index contributed by atoms with van der Waals surface area (Å²) in [5.74, 6) is 1.24. The number of hydrogen-bond acceptors (Lipinski definition) is 6. The number of methoxy groups -OCH3 is 2. The van der Waals surface area contributed by atoms with E-state index in [2.05, 4.69) is 10.3 Å². The first-order valence-electron chi connectivity index (χ1n) is 6.33. The first-order chi connectivity index (χ1) is 10.2. The maximum atomic E-state index is 6.05. The number of rotatable bonds is 4. The van der Waals surface area contributed by atoms with Crippen LogP contribution in [-0.4, -0.2) is 19.2 Å². The average Bonchev–Trinajstić information content (AvgIpc) is 2.96. The van der Waals surface area contributed by atoms with E-state index in [4.69, 9.17) is 15.2 Å². The molecule has 0 bridgehead atoms. The molecule has 0 aliphatic rings. The zero-order valence-electron chi connectivity index (χ0n) is 11.7. The standard InChI is InChI=1S/C15H15N3O2S/c1-19-13-6-10(16)12(7-14(13)20-2)18-9-3-4-11-15(5-9)21-8-17-11/h3-8,18H,16H2,1-2H3. The molecule has 3 N–H and O–H groups in total. The van der Waals surface area contributed by atoms with Crippen molar-refractivity contribution in [3.8, 4) is 11.5 Å². The van der Waals surface area contributed by atoms with Crippen molar-refractivity contribution in [2.45, 2.75) is 0 Å². The Morgan fingerprint density at radius 1 is 1.10 bits per heavy atom. The monoisotopic (exact) mass is 301 g/mol. The fraction of sp³-hybridized carbons (Fsp3) is 0.133. The number of fused-ring (bicyclic) bond motifs is 1. The third-order valence-corrected chi connectivity index (χ3v) is 3.96. The highest BCUT2D eigenvalue weighted by Gasteiger charge is 2.09. The molecule has 0 unspecified atom stereocenters. The number of hydrogen-bond donors (Lipinski definition) is 2. The first kappa shape index (κ1) is 13.5. The van der Waals surface area contributed by atoms with Gasteiger partial charge in [-0.1, -0.05) is 0 Å². The van der Waals surface area contributed by atoms with Gasteiger partial charge in [-0.2, -0.15) is 0 Å². The Morgan fingerprint density at radius 3 is 2.62 bits per heavy atom. The molecule has 0 fully saturated rings. The van der Waals surface area contributed by atoms with Gasteiger partial charge in [0.25, 0.3) is 0 Å². The van der Waals surface area contributed by atoms with E-state index in [0.29, 0.717) is 17.2 Å². The lowest BCUT2D eigenvalue weighted by molar-refractivity contribution is 0.355. The van der Waals surface area contributed by atoms with Crippen LogP contribution in [0.3, 0.4) is 0 Å². The summed E-state index contributed by atoms with van der Waals surface area (Å²) < 4.78 is 11.7. The number of nitrogens with one attached hydrogen (secondary N) is 1. The van der Waals surface area contributed by atoms with Crippen molar-refractivity contribution in [2.24, 2.45) is 0 Å². The fourth-order valence-electron chi connectivity index (χ4n) is 2.09. The van der Waals surface area contributed by atoms with E-state index >= 15 is 0 Å². The van der Waals surface area contributed by atoms with Crippen molar-refractivity contribution in [3.05, 3.63) is 35.8 Å². The zero-order chi connectivity index (χ0) is 14.8. The molecule has 0 atom stereocenters. The minimum Gasteiger partial charge on any atom is -0.493 e. The Labute approximate surface area is 126 Å². The van der Waals surface area contributed by atoms with Gasteiger partial charge in [-0.3, -0.25) is 0 Å². The van der Waals surface area contributed by atoms with Crippen LogP contribution in [0.15, 0.2) is 35.8 Å². The summed E-state index contributed by atoms with van der Waals surface area (Å²) in [5.41, 5.74) is 11.2. The Hall–Kier alpha value is -2.47. The van der Waals surface area contributed by atoms with Crippen LogP contribution < -0.4 is 20.5 Å². The highest BCUT2D eigenvalue weighted by molar-refractivity contribution is 7.16. The van der Waals surface area contributed by atoms with Gasteiger partial charge in [0.15, 0.2) is 11.5 Å². The zero-order valence-corrected chi connectivity index (χ0v) is 12.5. The summed E-state index contributed by atoms with van der Waals surface area (Å²) in [6.07, 6.45) is 0. The normalized spacial score (nSPS) is 10.6.